The number of nitrogens with two attached hydrogens (primary N) is 2. The topological polar surface area (TPSA) is 69.1 Å². The van der Waals surface area contributed by atoms with E-state index in [0.29, 0.717) is 5.92 Å². The number of carbonyl (C=O) groups is 1. The van der Waals surface area contributed by atoms with Gasteiger partial charge in [0.05, 0.1) is 0 Å². The first-order chi connectivity index (χ1) is 6.68. The van der Waals surface area contributed by atoms with Gasteiger partial charge in [0.25, 0.3) is 0 Å². The Morgan fingerprint density at radius 2 is 2.14 bits per heavy atom. The molecule has 4 N–H and O–H groups in total. The third-order valence-electron chi connectivity index (χ3n) is 2.63. The summed E-state index contributed by atoms with van der Waals surface area (Å²) in [4.78, 5) is 10.9. The molecule has 3 heteroatoms. The Hall–Kier alpha value is -1.35. The molecule has 2 rings (SSSR count). The summed E-state index contributed by atoms with van der Waals surface area (Å²) in [5.41, 5.74) is 12.9. The Kier molecular flexibility index (Phi) is 2.25. The smallest absolute Gasteiger partial charge is 0.238 e. The van der Waals surface area contributed by atoms with Gasteiger partial charge in [0.15, 0.2) is 0 Å². The molecule has 74 valence electrons. The van der Waals surface area contributed by atoms with E-state index in [4.69, 9.17) is 11.5 Å². The van der Waals surface area contributed by atoms with Crippen molar-refractivity contribution in [1.82, 2.24) is 0 Å². The Balaban J connectivity index is 2.25. The van der Waals surface area contributed by atoms with Gasteiger partial charge >= 0.3 is 0 Å². The molecular weight excluding hydrogens is 176 g/mol. The van der Waals surface area contributed by atoms with Crippen molar-refractivity contribution in [3.63, 3.8) is 0 Å². The number of hydrogen-bond acceptors (Lipinski definition) is 2. The molecule has 1 unspecified atom stereocenters. The average Bonchev–Trinajstić information content (AvgIpc) is 3.00. The van der Waals surface area contributed by atoms with Crippen molar-refractivity contribution < 1.29 is 4.79 Å². The van der Waals surface area contributed by atoms with Gasteiger partial charge in [-0.1, -0.05) is 24.3 Å². The lowest BCUT2D eigenvalue weighted by Crippen LogP contribution is -2.28. The quantitative estimate of drug-likeness (QED) is 0.748. The van der Waals surface area contributed by atoms with Gasteiger partial charge < -0.3 is 11.5 Å². The Labute approximate surface area is 83.1 Å². The lowest BCUT2D eigenvalue weighted by Gasteiger charge is -2.09. The third kappa shape index (κ3) is 1.77. The molecule has 1 aliphatic carbocycles. The van der Waals surface area contributed by atoms with Crippen LogP contribution in [0.2, 0.25) is 0 Å². The first-order valence-electron chi connectivity index (χ1n) is 4.83. The molecule has 0 saturated heterocycles. The Morgan fingerprint density at radius 3 is 2.71 bits per heavy atom. The van der Waals surface area contributed by atoms with Crippen molar-refractivity contribution in [2.75, 3.05) is 0 Å². The van der Waals surface area contributed by atoms with Gasteiger partial charge in [-0.15, -0.1) is 0 Å². The molecule has 1 aromatic carbocycles. The van der Waals surface area contributed by atoms with Gasteiger partial charge in [0, 0.05) is 0 Å². The highest BCUT2D eigenvalue weighted by atomic mass is 16.1. The summed E-state index contributed by atoms with van der Waals surface area (Å²) < 4.78 is 0. The molecule has 1 aliphatic rings. The molecule has 0 radical (unpaired) electrons. The second kappa shape index (κ2) is 3.42. The Morgan fingerprint density at radius 1 is 1.43 bits per heavy atom. The summed E-state index contributed by atoms with van der Waals surface area (Å²) in [7, 11) is 0. The number of benzene rings is 1. The van der Waals surface area contributed by atoms with E-state index in [9.17, 15) is 4.79 Å². The van der Waals surface area contributed by atoms with E-state index in [1.807, 2.05) is 18.2 Å². The molecule has 0 aromatic heterocycles. The molecule has 1 amide bonds. The van der Waals surface area contributed by atoms with E-state index in [1.165, 1.54) is 18.4 Å². The summed E-state index contributed by atoms with van der Waals surface area (Å²) in [5, 5.41) is 0. The highest BCUT2D eigenvalue weighted by Crippen LogP contribution is 2.40. The molecule has 1 atom stereocenters. The van der Waals surface area contributed by atoms with Crippen LogP contribution >= 0.6 is 0 Å². The van der Waals surface area contributed by atoms with Gasteiger partial charge in [-0.2, -0.15) is 0 Å². The average molecular weight is 190 g/mol. The van der Waals surface area contributed by atoms with Crippen LogP contribution in [0.1, 0.15) is 35.9 Å². The fourth-order valence-electron chi connectivity index (χ4n) is 1.59. The molecule has 1 fully saturated rings. The minimum absolute atomic E-state index is 0.474. The maximum atomic E-state index is 10.9. The summed E-state index contributed by atoms with van der Waals surface area (Å²) in [6.45, 7) is 0. The molecule has 0 aliphatic heterocycles. The Bertz CT molecular complexity index is 358. The maximum Gasteiger partial charge on any atom is 0.238 e. The minimum atomic E-state index is -0.673. The van der Waals surface area contributed by atoms with Gasteiger partial charge in [-0.25, -0.2) is 0 Å². The first kappa shape index (κ1) is 9.21. The summed E-state index contributed by atoms with van der Waals surface area (Å²) in [6, 6.07) is 7.18. The second-order valence-corrected chi connectivity index (χ2v) is 3.82. The normalized spacial score (nSPS) is 17.8. The van der Waals surface area contributed by atoms with Crippen molar-refractivity contribution in [1.29, 1.82) is 0 Å². The van der Waals surface area contributed by atoms with Gasteiger partial charge in [-0.05, 0) is 29.9 Å². The summed E-state index contributed by atoms with van der Waals surface area (Å²) in [5.74, 6) is 0.202. The first-order valence-corrected chi connectivity index (χ1v) is 4.83. The van der Waals surface area contributed by atoms with Crippen LogP contribution in [0.25, 0.3) is 0 Å². The van der Waals surface area contributed by atoms with Crippen LogP contribution in [0, 0.1) is 0 Å². The molecule has 1 aromatic rings. The molecule has 14 heavy (non-hydrogen) atoms. The molecule has 0 spiro atoms. The number of carbonyl (C=O) groups excluding carboxylic acids is 1. The van der Waals surface area contributed by atoms with Crippen LogP contribution < -0.4 is 11.5 Å². The zero-order valence-electron chi connectivity index (χ0n) is 7.94. The molecule has 3 nitrogen and oxygen atoms in total. The predicted molar refractivity (Wildman–Crippen MR) is 54.5 cm³/mol. The zero-order valence-corrected chi connectivity index (χ0v) is 7.94. The maximum absolute atomic E-state index is 10.9. The van der Waals surface area contributed by atoms with Crippen LogP contribution in [0.5, 0.6) is 0 Å². The summed E-state index contributed by atoms with van der Waals surface area (Å²) in [6.07, 6.45) is 2.49. The van der Waals surface area contributed by atoms with Crippen molar-refractivity contribution in [3.05, 3.63) is 35.4 Å². The van der Waals surface area contributed by atoms with Gasteiger partial charge in [-0.3, -0.25) is 4.79 Å². The second-order valence-electron chi connectivity index (χ2n) is 3.82. The van der Waals surface area contributed by atoms with E-state index < -0.39 is 11.9 Å². The van der Waals surface area contributed by atoms with E-state index in [1.54, 1.807) is 0 Å². The van der Waals surface area contributed by atoms with Crippen molar-refractivity contribution in [2.24, 2.45) is 11.5 Å². The number of hydrogen-bond donors (Lipinski definition) is 2. The monoisotopic (exact) mass is 190 g/mol. The van der Waals surface area contributed by atoms with E-state index >= 15 is 0 Å². The van der Waals surface area contributed by atoms with E-state index in [0.717, 1.165) is 5.56 Å². The summed E-state index contributed by atoms with van der Waals surface area (Å²) >= 11 is 0. The molecule has 0 heterocycles. The van der Waals surface area contributed by atoms with Crippen molar-refractivity contribution in [2.45, 2.75) is 24.8 Å². The fraction of sp³-hybridized carbons (Fsp3) is 0.364. The fourth-order valence-corrected chi connectivity index (χ4v) is 1.59. The highest BCUT2D eigenvalue weighted by molar-refractivity contribution is 5.81. The van der Waals surface area contributed by atoms with Crippen LogP contribution in [-0.4, -0.2) is 5.91 Å². The molecule has 0 bridgehead atoms. The SMILES string of the molecule is NC(=O)C(N)c1cccc(C2CC2)c1. The third-order valence-corrected chi connectivity index (χ3v) is 2.63. The van der Waals surface area contributed by atoms with Crippen LogP contribution in [-0.2, 0) is 4.79 Å². The number of rotatable bonds is 3. The predicted octanol–water partition coefficient (Wildman–Crippen LogP) is 1.05. The van der Waals surface area contributed by atoms with Gasteiger partial charge in [0.2, 0.25) is 5.91 Å². The standard InChI is InChI=1S/C11H14N2O/c12-10(11(13)14)9-3-1-2-8(6-9)7-4-5-7/h1-3,6-7,10H,4-5,12H2,(H2,13,14). The number of amides is 1. The van der Waals surface area contributed by atoms with Crippen LogP contribution in [0.3, 0.4) is 0 Å². The molecule has 1 saturated carbocycles. The van der Waals surface area contributed by atoms with Crippen molar-refractivity contribution in [3.8, 4) is 0 Å². The van der Waals surface area contributed by atoms with Gasteiger partial charge in [0.1, 0.15) is 6.04 Å². The lowest BCUT2D eigenvalue weighted by molar-refractivity contribution is -0.119. The minimum Gasteiger partial charge on any atom is -0.368 e. The van der Waals surface area contributed by atoms with E-state index in [-0.39, 0.29) is 0 Å². The lowest BCUT2D eigenvalue weighted by atomic mass is 10.0. The zero-order chi connectivity index (χ0) is 10.1. The molecular formula is C11H14N2O. The highest BCUT2D eigenvalue weighted by Gasteiger charge is 2.24. The van der Waals surface area contributed by atoms with Crippen LogP contribution in [0.4, 0.5) is 0 Å². The van der Waals surface area contributed by atoms with E-state index in [2.05, 4.69) is 6.07 Å². The van der Waals surface area contributed by atoms with Crippen LogP contribution in [0.15, 0.2) is 24.3 Å². The van der Waals surface area contributed by atoms with Crippen molar-refractivity contribution >= 4 is 5.91 Å². The number of primary amides is 1. The largest absolute Gasteiger partial charge is 0.368 e.